The maximum Gasteiger partial charge on any atom is 0.339 e. The predicted molar refractivity (Wildman–Crippen MR) is 66.0 cm³/mol. The second-order valence-corrected chi connectivity index (χ2v) is 3.15. The number of phenols is 1. The number of hydrogen-bond donors (Lipinski definition) is 5. The van der Waals surface area contributed by atoms with Crippen LogP contribution in [-0.2, 0) is 0 Å². The van der Waals surface area contributed by atoms with Gasteiger partial charge in [0.15, 0.2) is 0 Å². The molecule has 0 amide bonds. The molecule has 0 saturated carbocycles. The first kappa shape index (κ1) is 15.4. The van der Waals surface area contributed by atoms with Crippen LogP contribution in [0.25, 0.3) is 0 Å². The van der Waals surface area contributed by atoms with E-state index in [0.717, 1.165) is 13.1 Å². The third-order valence-corrected chi connectivity index (χ3v) is 1.78. The van der Waals surface area contributed by atoms with Crippen molar-refractivity contribution in [2.24, 2.45) is 11.5 Å². The molecule has 0 atom stereocenters. The summed E-state index contributed by atoms with van der Waals surface area (Å²) in [4.78, 5) is 10.3. The van der Waals surface area contributed by atoms with Gasteiger partial charge in [0, 0.05) is 26.2 Å². The van der Waals surface area contributed by atoms with E-state index in [9.17, 15) is 4.79 Å². The zero-order chi connectivity index (χ0) is 13.1. The van der Waals surface area contributed by atoms with E-state index in [1.54, 1.807) is 12.1 Å². The topological polar surface area (TPSA) is 122 Å². The molecule has 1 rings (SSSR count). The van der Waals surface area contributed by atoms with Gasteiger partial charge >= 0.3 is 5.97 Å². The molecule has 1 aromatic carbocycles. The summed E-state index contributed by atoms with van der Waals surface area (Å²) < 4.78 is 0. The van der Waals surface area contributed by atoms with Crippen LogP contribution in [0.5, 0.6) is 5.75 Å². The Morgan fingerprint density at radius 2 is 1.71 bits per heavy atom. The van der Waals surface area contributed by atoms with Gasteiger partial charge in [-0.1, -0.05) is 12.1 Å². The zero-order valence-corrected chi connectivity index (χ0v) is 9.60. The van der Waals surface area contributed by atoms with E-state index in [1.807, 2.05) is 0 Å². The van der Waals surface area contributed by atoms with Crippen LogP contribution in [0.4, 0.5) is 0 Å². The Bertz CT molecular complexity index is 327. The molecule has 0 fully saturated rings. The Kier molecular flexibility index (Phi) is 8.67. The van der Waals surface area contributed by atoms with E-state index in [2.05, 4.69) is 5.32 Å². The molecule has 0 aliphatic rings. The maximum atomic E-state index is 10.3. The van der Waals surface area contributed by atoms with Crippen LogP contribution in [0.2, 0.25) is 0 Å². The van der Waals surface area contributed by atoms with Crippen molar-refractivity contribution < 1.29 is 15.0 Å². The third-order valence-electron chi connectivity index (χ3n) is 1.78. The largest absolute Gasteiger partial charge is 0.507 e. The number of aromatic carboxylic acids is 1. The van der Waals surface area contributed by atoms with Gasteiger partial charge in [0.05, 0.1) is 0 Å². The van der Waals surface area contributed by atoms with Crippen molar-refractivity contribution in [2.45, 2.75) is 0 Å². The van der Waals surface area contributed by atoms with E-state index >= 15 is 0 Å². The molecule has 0 spiro atoms. The molecule has 0 bridgehead atoms. The van der Waals surface area contributed by atoms with Crippen molar-refractivity contribution in [1.82, 2.24) is 5.32 Å². The average molecular weight is 241 g/mol. The summed E-state index contributed by atoms with van der Waals surface area (Å²) in [6.45, 7) is 3.13. The van der Waals surface area contributed by atoms with Crippen LogP contribution in [0.1, 0.15) is 10.4 Å². The lowest BCUT2D eigenvalue weighted by Gasteiger charge is -1.95. The number of nitrogens with one attached hydrogen (secondary N) is 1. The molecule has 1 aromatic rings. The van der Waals surface area contributed by atoms with E-state index in [0.29, 0.717) is 13.1 Å². The molecule has 96 valence electrons. The summed E-state index contributed by atoms with van der Waals surface area (Å²) in [6.07, 6.45) is 0. The number of nitrogens with two attached hydrogens (primary N) is 2. The lowest BCUT2D eigenvalue weighted by molar-refractivity contribution is 0.0694. The van der Waals surface area contributed by atoms with Crippen molar-refractivity contribution in [3.63, 3.8) is 0 Å². The second-order valence-electron chi connectivity index (χ2n) is 3.15. The van der Waals surface area contributed by atoms with E-state index in [4.69, 9.17) is 21.7 Å². The molecule has 0 unspecified atom stereocenters. The lowest BCUT2D eigenvalue weighted by Crippen LogP contribution is -2.27. The van der Waals surface area contributed by atoms with Gasteiger partial charge in [0.1, 0.15) is 11.3 Å². The first-order valence-corrected chi connectivity index (χ1v) is 5.25. The molecule has 0 saturated heterocycles. The number of para-hydroxylation sites is 1. The molecule has 6 heteroatoms. The van der Waals surface area contributed by atoms with Gasteiger partial charge in [-0.3, -0.25) is 0 Å². The van der Waals surface area contributed by atoms with Crippen molar-refractivity contribution in [2.75, 3.05) is 26.2 Å². The normalized spacial score (nSPS) is 9.29. The fourth-order valence-corrected chi connectivity index (χ4v) is 0.984. The number of carboxylic acids is 1. The molecular weight excluding hydrogens is 222 g/mol. The summed E-state index contributed by atoms with van der Waals surface area (Å²) in [5.41, 5.74) is 10.3. The minimum Gasteiger partial charge on any atom is -0.507 e. The van der Waals surface area contributed by atoms with Crippen LogP contribution in [0.15, 0.2) is 24.3 Å². The molecule has 0 heterocycles. The Morgan fingerprint density at radius 3 is 2.06 bits per heavy atom. The molecule has 6 nitrogen and oxygen atoms in total. The highest BCUT2D eigenvalue weighted by Crippen LogP contribution is 2.14. The van der Waals surface area contributed by atoms with Gasteiger partial charge in [0.2, 0.25) is 0 Å². The smallest absolute Gasteiger partial charge is 0.339 e. The quantitative estimate of drug-likeness (QED) is 0.446. The molecule has 0 radical (unpaired) electrons. The lowest BCUT2D eigenvalue weighted by atomic mass is 10.2. The van der Waals surface area contributed by atoms with Crippen molar-refractivity contribution >= 4 is 5.97 Å². The molecule has 7 N–H and O–H groups in total. The summed E-state index contributed by atoms with van der Waals surface area (Å²) in [7, 11) is 0. The van der Waals surface area contributed by atoms with Crippen molar-refractivity contribution in [1.29, 1.82) is 0 Å². The number of aromatic hydroxyl groups is 1. The van der Waals surface area contributed by atoms with Crippen LogP contribution in [0, 0.1) is 0 Å². The van der Waals surface area contributed by atoms with Crippen molar-refractivity contribution in [3.05, 3.63) is 29.8 Å². The Morgan fingerprint density at radius 1 is 1.18 bits per heavy atom. The van der Waals surface area contributed by atoms with Gasteiger partial charge in [-0.15, -0.1) is 0 Å². The number of rotatable bonds is 5. The van der Waals surface area contributed by atoms with Crippen LogP contribution in [-0.4, -0.2) is 42.4 Å². The average Bonchev–Trinajstić information content (AvgIpc) is 2.31. The van der Waals surface area contributed by atoms with Gasteiger partial charge in [0.25, 0.3) is 0 Å². The number of hydrogen-bond acceptors (Lipinski definition) is 5. The van der Waals surface area contributed by atoms with Gasteiger partial charge < -0.3 is 27.0 Å². The summed E-state index contributed by atoms with van der Waals surface area (Å²) in [5, 5.41) is 20.3. The fourth-order valence-electron chi connectivity index (χ4n) is 0.984. The summed E-state index contributed by atoms with van der Waals surface area (Å²) in [6, 6.07) is 5.81. The minimum absolute atomic E-state index is 0.0671. The molecule has 0 aromatic heterocycles. The predicted octanol–water partition coefficient (Wildman–Crippen LogP) is -0.416. The highest BCUT2D eigenvalue weighted by Gasteiger charge is 2.05. The van der Waals surface area contributed by atoms with Crippen LogP contribution in [0.3, 0.4) is 0 Å². The number of carbonyl (C=O) groups is 1. The van der Waals surface area contributed by atoms with Crippen LogP contribution >= 0.6 is 0 Å². The minimum atomic E-state index is -1.11. The van der Waals surface area contributed by atoms with E-state index in [-0.39, 0.29) is 11.3 Å². The van der Waals surface area contributed by atoms with Gasteiger partial charge in [-0.05, 0) is 12.1 Å². The third kappa shape index (κ3) is 7.29. The first-order valence-electron chi connectivity index (χ1n) is 5.25. The second kappa shape index (κ2) is 9.59. The molecule has 0 aliphatic carbocycles. The molecular formula is C11H19N3O3. The van der Waals surface area contributed by atoms with E-state index < -0.39 is 5.97 Å². The standard InChI is InChI=1S/C7H6O3.C4H13N3/c8-6-4-2-1-3-5(6)7(9)10;5-1-3-7-4-2-6/h1-4,8H,(H,9,10);7H,1-6H2. The summed E-state index contributed by atoms with van der Waals surface area (Å²) in [5.74, 6) is -1.31. The molecule has 17 heavy (non-hydrogen) atoms. The monoisotopic (exact) mass is 241 g/mol. The zero-order valence-electron chi connectivity index (χ0n) is 9.60. The van der Waals surface area contributed by atoms with Crippen LogP contribution < -0.4 is 16.8 Å². The first-order chi connectivity index (χ1) is 8.13. The van der Waals surface area contributed by atoms with Gasteiger partial charge in [-0.2, -0.15) is 0 Å². The molecule has 0 aliphatic heterocycles. The Hall–Kier alpha value is -1.63. The van der Waals surface area contributed by atoms with Gasteiger partial charge in [-0.25, -0.2) is 4.79 Å². The Labute approximate surface area is 100 Å². The highest BCUT2D eigenvalue weighted by atomic mass is 16.4. The van der Waals surface area contributed by atoms with E-state index in [1.165, 1.54) is 12.1 Å². The highest BCUT2D eigenvalue weighted by molar-refractivity contribution is 5.90. The number of benzene rings is 1. The Balaban J connectivity index is 0.000000325. The van der Waals surface area contributed by atoms with Crippen molar-refractivity contribution in [3.8, 4) is 5.75 Å². The number of carboxylic acid groups (broad SMARTS) is 1. The SMILES string of the molecule is NCCNCCN.O=C(O)c1ccccc1O. The maximum absolute atomic E-state index is 10.3. The summed E-state index contributed by atoms with van der Waals surface area (Å²) >= 11 is 0. The fraction of sp³-hybridized carbons (Fsp3) is 0.364.